The Morgan fingerprint density at radius 1 is 0.840 bits per heavy atom. The Morgan fingerprint density at radius 3 is 2.40 bits per heavy atom. The van der Waals surface area contributed by atoms with E-state index in [2.05, 4.69) is 0 Å². The summed E-state index contributed by atoms with van der Waals surface area (Å²) in [6, 6.07) is 22.9. The zero-order valence-corrected chi connectivity index (χ0v) is 14.1. The Bertz CT molecular complexity index is 1080. The van der Waals surface area contributed by atoms with Crippen molar-refractivity contribution in [1.82, 2.24) is 0 Å². The first kappa shape index (κ1) is 15.5. The number of aldehydes is 1. The number of carbonyl (C=O) groups excluding carboxylic acids is 2. The molecule has 2 nitrogen and oxygen atoms in total. The van der Waals surface area contributed by atoms with Crippen LogP contribution in [-0.2, 0) is 0 Å². The van der Waals surface area contributed by atoms with Crippen molar-refractivity contribution in [3.8, 4) is 11.1 Å². The third-order valence-corrected chi connectivity index (χ3v) is 5.12. The van der Waals surface area contributed by atoms with E-state index < -0.39 is 0 Å². The fraction of sp³-hybridized carbons (Fsp3) is 0. The summed E-state index contributed by atoms with van der Waals surface area (Å²) in [6.07, 6.45) is 0.860. The highest BCUT2D eigenvalue weighted by Crippen LogP contribution is 2.37. The molecule has 0 aliphatic heterocycles. The normalized spacial score (nSPS) is 10.7. The number of rotatable bonds is 4. The predicted molar refractivity (Wildman–Crippen MR) is 103 cm³/mol. The van der Waals surface area contributed by atoms with Gasteiger partial charge in [-0.1, -0.05) is 60.7 Å². The van der Waals surface area contributed by atoms with Crippen molar-refractivity contribution in [2.24, 2.45) is 0 Å². The Kier molecular flexibility index (Phi) is 4.00. The molecular formula is C22H14O2S. The molecule has 0 fully saturated rings. The molecule has 0 unspecified atom stereocenters. The minimum Gasteiger partial charge on any atom is -0.297 e. The maximum atomic E-state index is 13.1. The third kappa shape index (κ3) is 2.69. The standard InChI is InChI=1S/C22H14O2S/c23-14-20-18(12-13-25-20)21-17-9-5-4-6-15(17)10-11-19(21)22(24)16-7-2-1-3-8-16/h1-14H. The van der Waals surface area contributed by atoms with Gasteiger partial charge in [0.2, 0.25) is 0 Å². The second kappa shape index (κ2) is 6.46. The maximum absolute atomic E-state index is 13.1. The number of fused-ring (bicyclic) bond motifs is 1. The zero-order valence-electron chi connectivity index (χ0n) is 13.3. The number of hydrogen-bond acceptors (Lipinski definition) is 3. The van der Waals surface area contributed by atoms with Crippen LogP contribution < -0.4 is 0 Å². The maximum Gasteiger partial charge on any atom is 0.193 e. The van der Waals surface area contributed by atoms with Crippen LogP contribution in [0.1, 0.15) is 25.6 Å². The average Bonchev–Trinajstić information content (AvgIpc) is 3.15. The van der Waals surface area contributed by atoms with Gasteiger partial charge >= 0.3 is 0 Å². The Labute approximate surface area is 149 Å². The van der Waals surface area contributed by atoms with Gasteiger partial charge in [-0.2, -0.15) is 0 Å². The molecule has 4 aromatic rings. The summed E-state index contributed by atoms with van der Waals surface area (Å²) in [5.74, 6) is -0.0376. The molecule has 3 aromatic carbocycles. The van der Waals surface area contributed by atoms with E-state index >= 15 is 0 Å². The molecule has 4 rings (SSSR count). The van der Waals surface area contributed by atoms with Crippen LogP contribution in [0.2, 0.25) is 0 Å². The van der Waals surface area contributed by atoms with Crippen molar-refractivity contribution >= 4 is 34.2 Å². The van der Waals surface area contributed by atoms with Crippen molar-refractivity contribution < 1.29 is 9.59 Å². The smallest absolute Gasteiger partial charge is 0.193 e. The van der Waals surface area contributed by atoms with Crippen molar-refractivity contribution in [2.75, 3.05) is 0 Å². The summed E-state index contributed by atoms with van der Waals surface area (Å²) in [5.41, 5.74) is 2.90. The van der Waals surface area contributed by atoms with Crippen molar-refractivity contribution in [3.63, 3.8) is 0 Å². The van der Waals surface area contributed by atoms with Gasteiger partial charge in [-0.15, -0.1) is 11.3 Å². The molecule has 25 heavy (non-hydrogen) atoms. The molecule has 0 saturated carbocycles. The molecule has 1 heterocycles. The molecule has 0 spiro atoms. The highest BCUT2D eigenvalue weighted by atomic mass is 32.1. The number of thiophene rings is 1. The number of benzene rings is 3. The second-order valence-electron chi connectivity index (χ2n) is 5.72. The lowest BCUT2D eigenvalue weighted by molar-refractivity contribution is 0.103. The van der Waals surface area contributed by atoms with Crippen LogP contribution in [0.3, 0.4) is 0 Å². The Hall–Kier alpha value is -3.04. The lowest BCUT2D eigenvalue weighted by Gasteiger charge is -2.12. The lowest BCUT2D eigenvalue weighted by atomic mass is 9.90. The average molecular weight is 342 g/mol. The first-order chi connectivity index (χ1) is 12.3. The topological polar surface area (TPSA) is 34.1 Å². The molecule has 0 aliphatic carbocycles. The van der Waals surface area contributed by atoms with Crippen LogP contribution in [0.4, 0.5) is 0 Å². The van der Waals surface area contributed by atoms with E-state index in [0.717, 1.165) is 28.2 Å². The minimum absolute atomic E-state index is 0.0376. The van der Waals surface area contributed by atoms with E-state index in [0.29, 0.717) is 16.0 Å². The minimum atomic E-state index is -0.0376. The third-order valence-electron chi connectivity index (χ3n) is 4.28. The number of hydrogen-bond donors (Lipinski definition) is 0. The molecule has 0 saturated heterocycles. The van der Waals surface area contributed by atoms with Crippen LogP contribution >= 0.6 is 11.3 Å². The van der Waals surface area contributed by atoms with E-state index in [1.165, 1.54) is 11.3 Å². The molecular weight excluding hydrogens is 328 g/mol. The van der Waals surface area contributed by atoms with Crippen molar-refractivity contribution in [3.05, 3.63) is 94.2 Å². The molecule has 1 aromatic heterocycles. The molecule has 0 N–H and O–H groups in total. The van der Waals surface area contributed by atoms with Gasteiger partial charge < -0.3 is 0 Å². The number of carbonyl (C=O) groups is 2. The summed E-state index contributed by atoms with van der Waals surface area (Å²) in [4.78, 5) is 25.2. The molecule has 0 bridgehead atoms. The van der Waals surface area contributed by atoms with Crippen LogP contribution in [0.15, 0.2) is 78.2 Å². The predicted octanol–water partition coefficient (Wildman–Crippen LogP) is 5.61. The fourth-order valence-electron chi connectivity index (χ4n) is 3.11. The van der Waals surface area contributed by atoms with Gasteiger partial charge in [0.15, 0.2) is 12.1 Å². The highest BCUT2D eigenvalue weighted by molar-refractivity contribution is 7.12. The molecule has 0 atom stereocenters. The van der Waals surface area contributed by atoms with Gasteiger partial charge in [0.1, 0.15) is 0 Å². The summed E-state index contributed by atoms with van der Waals surface area (Å²) in [5, 5.41) is 3.91. The second-order valence-corrected chi connectivity index (χ2v) is 6.67. The van der Waals surface area contributed by atoms with E-state index in [-0.39, 0.29) is 5.78 Å². The van der Waals surface area contributed by atoms with E-state index in [1.54, 1.807) is 0 Å². The van der Waals surface area contributed by atoms with E-state index in [1.807, 2.05) is 78.2 Å². The highest BCUT2D eigenvalue weighted by Gasteiger charge is 2.19. The van der Waals surface area contributed by atoms with Crippen LogP contribution in [0.5, 0.6) is 0 Å². The van der Waals surface area contributed by atoms with Gasteiger partial charge in [0.25, 0.3) is 0 Å². The van der Waals surface area contributed by atoms with E-state index in [4.69, 9.17) is 0 Å². The Morgan fingerprint density at radius 2 is 1.60 bits per heavy atom. The summed E-state index contributed by atoms with van der Waals surface area (Å²) >= 11 is 1.39. The summed E-state index contributed by atoms with van der Waals surface area (Å²) in [7, 11) is 0. The quantitative estimate of drug-likeness (QED) is 0.357. The summed E-state index contributed by atoms with van der Waals surface area (Å²) < 4.78 is 0. The summed E-state index contributed by atoms with van der Waals surface area (Å²) in [6.45, 7) is 0. The lowest BCUT2D eigenvalue weighted by Crippen LogP contribution is -2.04. The van der Waals surface area contributed by atoms with E-state index in [9.17, 15) is 9.59 Å². The Balaban J connectivity index is 2.04. The van der Waals surface area contributed by atoms with Gasteiger partial charge in [0, 0.05) is 22.3 Å². The van der Waals surface area contributed by atoms with Crippen LogP contribution in [0, 0.1) is 0 Å². The fourth-order valence-corrected chi connectivity index (χ4v) is 3.82. The molecule has 0 radical (unpaired) electrons. The van der Waals surface area contributed by atoms with Gasteiger partial charge in [-0.05, 0) is 28.3 Å². The molecule has 0 aliphatic rings. The van der Waals surface area contributed by atoms with Crippen molar-refractivity contribution in [2.45, 2.75) is 0 Å². The largest absolute Gasteiger partial charge is 0.297 e. The number of ketones is 1. The van der Waals surface area contributed by atoms with Gasteiger partial charge in [0.05, 0.1) is 4.88 Å². The SMILES string of the molecule is O=Cc1sccc1-c1c(C(=O)c2ccccc2)ccc2ccccc12. The molecule has 0 amide bonds. The monoisotopic (exact) mass is 342 g/mol. The first-order valence-corrected chi connectivity index (χ1v) is 8.82. The van der Waals surface area contributed by atoms with Gasteiger partial charge in [-0.25, -0.2) is 0 Å². The molecule has 3 heteroatoms. The molecule has 120 valence electrons. The van der Waals surface area contributed by atoms with Crippen LogP contribution in [-0.4, -0.2) is 12.1 Å². The zero-order chi connectivity index (χ0) is 17.2. The first-order valence-electron chi connectivity index (χ1n) is 7.94. The van der Waals surface area contributed by atoms with Gasteiger partial charge in [-0.3, -0.25) is 9.59 Å². The van der Waals surface area contributed by atoms with Crippen LogP contribution in [0.25, 0.3) is 21.9 Å². The van der Waals surface area contributed by atoms with Crippen molar-refractivity contribution in [1.29, 1.82) is 0 Å².